The van der Waals surface area contributed by atoms with Gasteiger partial charge in [0.25, 0.3) is 17.7 Å². The Morgan fingerprint density at radius 1 is 0.464 bits per heavy atom. The second kappa shape index (κ2) is 30.3. The lowest BCUT2D eigenvalue weighted by Crippen LogP contribution is -2.40. The molecule has 3 atom stereocenters. The van der Waals surface area contributed by atoms with Crippen molar-refractivity contribution in [3.8, 4) is 0 Å². The number of nitrogens with one attached hydrogen (secondary N) is 5. The Balaban J connectivity index is 0.000000216. The number of halogens is 1. The highest BCUT2D eigenvalue weighted by atomic mass is 35.5. The van der Waals surface area contributed by atoms with E-state index >= 15 is 0 Å². The average molecular weight is 1240 g/mol. The maximum Gasteiger partial charge on any atom is 0.254 e. The van der Waals surface area contributed by atoms with Crippen LogP contribution in [0.2, 0.25) is 0 Å². The Morgan fingerprint density at radius 2 is 0.798 bits per heavy atom. The predicted molar refractivity (Wildman–Crippen MR) is 334 cm³/mol. The molecule has 0 saturated heterocycles. The topological polar surface area (TPSA) is 461 Å². The summed E-state index contributed by atoms with van der Waals surface area (Å²) in [6.45, 7) is 11.1. The van der Waals surface area contributed by atoms with E-state index in [0.29, 0.717) is 22.3 Å². The summed E-state index contributed by atoms with van der Waals surface area (Å²) in [7, 11) is 0. The van der Waals surface area contributed by atoms with Crippen molar-refractivity contribution in [3.63, 3.8) is 0 Å². The monoisotopic (exact) mass is 1240 g/mol. The number of benzene rings is 3. The molecule has 0 aliphatic carbocycles. The number of hydrogen-bond acceptors (Lipinski definition) is 25. The van der Waals surface area contributed by atoms with Crippen LogP contribution in [0.15, 0.2) is 94.9 Å². The van der Waals surface area contributed by atoms with E-state index in [1.165, 1.54) is 53.0 Å². The quantitative estimate of drug-likeness (QED) is 0.0297. The Morgan fingerprint density at radius 3 is 1.07 bits per heavy atom. The van der Waals surface area contributed by atoms with Crippen LogP contribution in [0.3, 0.4) is 0 Å². The first kappa shape index (κ1) is 65.8. The molecule has 6 heterocycles. The van der Waals surface area contributed by atoms with Crippen LogP contribution < -0.4 is 66.7 Å². The first-order chi connectivity index (χ1) is 39.4. The van der Waals surface area contributed by atoms with Crippen molar-refractivity contribution in [1.82, 2.24) is 44.9 Å². The van der Waals surface area contributed by atoms with Gasteiger partial charge >= 0.3 is 0 Å². The summed E-state index contributed by atoms with van der Waals surface area (Å²) >= 11 is 6.03. The van der Waals surface area contributed by atoms with Crippen LogP contribution >= 0.6 is 58.2 Å². The summed E-state index contributed by atoms with van der Waals surface area (Å²) in [5.74, 6) is -2.19. The molecule has 6 amide bonds. The van der Waals surface area contributed by atoms with Crippen molar-refractivity contribution in [2.24, 2.45) is 57.9 Å². The summed E-state index contributed by atoms with van der Waals surface area (Å²) in [5.41, 5.74) is 47.7. The van der Waals surface area contributed by atoms with Gasteiger partial charge in [0.2, 0.25) is 29.6 Å². The molecule has 6 aromatic heterocycles. The molecule has 0 fully saturated rings. The number of aromatic nitrogens is 9. The molecule has 0 bridgehead atoms. The summed E-state index contributed by atoms with van der Waals surface area (Å²) in [6.07, 6.45) is 5.91. The number of primary amides is 6. The molecule has 0 radical (unpaired) electrons. The van der Waals surface area contributed by atoms with Gasteiger partial charge < -0.3 is 66.7 Å². The van der Waals surface area contributed by atoms with Crippen molar-refractivity contribution in [2.75, 3.05) is 32.8 Å². The highest BCUT2D eigenvalue weighted by Crippen LogP contribution is 2.29. The molecule has 9 aromatic rings. The number of amides is 6. The van der Waals surface area contributed by atoms with Gasteiger partial charge in [0.15, 0.2) is 5.16 Å². The van der Waals surface area contributed by atoms with Gasteiger partial charge in [-0.1, -0.05) is 53.3 Å². The van der Waals surface area contributed by atoms with E-state index in [2.05, 4.69) is 71.4 Å². The largest absolute Gasteiger partial charge is 0.368 e. The molecule has 0 aliphatic rings. The fourth-order valence-corrected chi connectivity index (χ4v) is 9.47. The first-order valence-corrected chi connectivity index (χ1v) is 28.8. The van der Waals surface area contributed by atoms with Crippen LogP contribution in [0.25, 0.3) is 30.6 Å². The van der Waals surface area contributed by atoms with Gasteiger partial charge in [0, 0.05) is 35.7 Å². The van der Waals surface area contributed by atoms with Crippen molar-refractivity contribution < 1.29 is 28.8 Å². The fourth-order valence-electron chi connectivity index (χ4n) is 7.15. The summed E-state index contributed by atoms with van der Waals surface area (Å²) in [4.78, 5) is 106. The van der Waals surface area contributed by atoms with Crippen molar-refractivity contribution in [1.29, 1.82) is 0 Å². The Hall–Kier alpha value is -9.01. The van der Waals surface area contributed by atoms with E-state index in [1.54, 1.807) is 27.9 Å². The number of thiazole rings is 3. The SMILES string of the molecule is CC(C)[C@@H](N)C(N)=O.CC(C)[C@@H](Nc1ncc(C(N)=O)c(Nc2ccc3scnc3c2)n1)C(N)=O.CC(C)[C@@H](Nc1ncc(C(N)=O)c(Nc2ccc3scnc3c2)n1)C(N)=O.CSc1ncc(C(N)=O)c(Nc2ccc3scnc3c2)n1.Cl. The van der Waals surface area contributed by atoms with Crippen LogP contribution in [-0.4, -0.2) is 105 Å². The number of nitrogens with zero attached hydrogens (tertiary/aromatic N) is 9. The molecule has 442 valence electrons. The number of nitrogens with two attached hydrogens (primary N) is 7. The molecule has 0 spiro atoms. The van der Waals surface area contributed by atoms with Crippen molar-refractivity contribution in [2.45, 2.75) is 64.8 Å². The lowest BCUT2D eigenvalue weighted by molar-refractivity contribution is -0.120. The van der Waals surface area contributed by atoms with Gasteiger partial charge in [0.1, 0.15) is 46.2 Å². The van der Waals surface area contributed by atoms with Crippen LogP contribution in [0.5, 0.6) is 0 Å². The first-order valence-electron chi connectivity index (χ1n) is 24.9. The molecule has 32 heteroatoms. The van der Waals surface area contributed by atoms with Gasteiger partial charge in [-0.05, 0) is 78.6 Å². The Kier molecular flexibility index (Phi) is 23.8. The maximum absolute atomic E-state index is 11.7. The molecule has 84 heavy (non-hydrogen) atoms. The highest BCUT2D eigenvalue weighted by molar-refractivity contribution is 7.98. The molecule has 9 rings (SSSR count). The van der Waals surface area contributed by atoms with Gasteiger partial charge in [0.05, 0.1) is 53.2 Å². The van der Waals surface area contributed by atoms with Crippen molar-refractivity contribution in [3.05, 3.63) is 106 Å². The third-order valence-electron chi connectivity index (χ3n) is 11.7. The molecule has 3 aromatic carbocycles. The average Bonchev–Trinajstić information content (AvgIpc) is 4.20. The van der Waals surface area contributed by atoms with E-state index in [-0.39, 0.29) is 70.4 Å². The van der Waals surface area contributed by atoms with Crippen LogP contribution in [0, 0.1) is 17.8 Å². The van der Waals surface area contributed by atoms with Crippen LogP contribution in [0.4, 0.5) is 46.4 Å². The summed E-state index contributed by atoms with van der Waals surface area (Å²) in [6, 6.07) is 15.2. The normalized spacial score (nSPS) is 11.8. The van der Waals surface area contributed by atoms with Gasteiger partial charge in [-0.25, -0.2) is 34.9 Å². The highest BCUT2D eigenvalue weighted by Gasteiger charge is 2.24. The smallest absolute Gasteiger partial charge is 0.254 e. The van der Waals surface area contributed by atoms with Crippen LogP contribution in [-0.2, 0) is 14.4 Å². The number of anilines is 8. The molecular weight excluding hydrogens is 1180 g/mol. The third-order valence-corrected chi connectivity index (χ3v) is 14.7. The standard InChI is InChI=1S/2C17H19N7O2S.C13H11N5OS2.C5H12N2O.ClH/c2*1-8(2)13(15(19)26)23-17-20-6-10(14(18)25)16(24-17)22-9-3-4-12-11(5-9)21-7-27-12;1-20-13-15-5-8(11(14)19)12(18-13)17-7-2-3-10-9(4-7)16-6-21-10;1-3(2)4(6)5(7)8;/h2*3-8,13H,1-2H3,(H2,18,25)(H2,19,26)(H2,20,22,23,24);2-6H,1H3,(H2,14,19)(H,15,17,18);3-4H,6H2,1-2H3,(H2,7,8);1H/t2*13-;;4-;/m11.1./s1. The minimum Gasteiger partial charge on any atom is -0.368 e. The predicted octanol–water partition coefficient (Wildman–Crippen LogP) is 6.23. The number of fused-ring (bicyclic) bond motifs is 3. The zero-order chi connectivity index (χ0) is 60.7. The lowest BCUT2D eigenvalue weighted by atomic mass is 10.0. The minimum absolute atomic E-state index is 0. The summed E-state index contributed by atoms with van der Waals surface area (Å²) < 4.78 is 3.19. The van der Waals surface area contributed by atoms with E-state index in [9.17, 15) is 28.8 Å². The van der Waals surface area contributed by atoms with Gasteiger partial charge in [-0.3, -0.25) is 28.8 Å². The summed E-state index contributed by atoms with van der Waals surface area (Å²) in [5, 5.41) is 15.6. The molecule has 0 unspecified atom stereocenters. The second-order valence-electron chi connectivity index (χ2n) is 18.8. The number of carbonyl (C=O) groups is 6. The van der Waals surface area contributed by atoms with E-state index in [1.807, 2.05) is 102 Å². The van der Waals surface area contributed by atoms with Crippen molar-refractivity contribution >= 4 is 171 Å². The Labute approximate surface area is 503 Å². The van der Waals surface area contributed by atoms with Gasteiger partial charge in [-0.2, -0.15) is 9.97 Å². The molecule has 0 aliphatic heterocycles. The molecular formula is C52H62ClN21O6S4. The van der Waals surface area contributed by atoms with E-state index in [4.69, 9.17) is 40.1 Å². The number of hydrogen-bond donors (Lipinski definition) is 12. The zero-order valence-corrected chi connectivity index (χ0v) is 50.3. The minimum atomic E-state index is -0.672. The molecule has 0 saturated carbocycles. The Bertz CT molecular complexity index is 3630. The van der Waals surface area contributed by atoms with Crippen LogP contribution in [0.1, 0.15) is 72.6 Å². The second-order valence-corrected chi connectivity index (χ2v) is 22.2. The maximum atomic E-state index is 11.7. The van der Waals surface area contributed by atoms with E-state index in [0.717, 1.165) is 36.3 Å². The molecule has 27 nitrogen and oxygen atoms in total. The zero-order valence-electron chi connectivity index (χ0n) is 46.2. The lowest BCUT2D eigenvalue weighted by Gasteiger charge is -2.19. The number of carbonyl (C=O) groups excluding carboxylic acids is 6. The number of thioether (sulfide) groups is 1. The van der Waals surface area contributed by atoms with Gasteiger partial charge in [-0.15, -0.1) is 46.4 Å². The molecule has 19 N–H and O–H groups in total. The van der Waals surface area contributed by atoms with E-state index < -0.39 is 53.6 Å². The fraction of sp³-hybridized carbons (Fsp3) is 0.250. The third kappa shape index (κ3) is 18.0. The number of rotatable bonds is 20.